The van der Waals surface area contributed by atoms with Crippen molar-refractivity contribution in [2.75, 3.05) is 13.1 Å². The Morgan fingerprint density at radius 2 is 1.89 bits per heavy atom. The van der Waals surface area contributed by atoms with E-state index in [9.17, 15) is 18.3 Å². The van der Waals surface area contributed by atoms with Crippen molar-refractivity contribution in [3.63, 3.8) is 0 Å². The van der Waals surface area contributed by atoms with Crippen LogP contribution in [0, 0.1) is 0 Å². The molecule has 2 N–H and O–H groups in total. The van der Waals surface area contributed by atoms with Crippen LogP contribution in [0.2, 0.25) is 0 Å². The third-order valence-corrected chi connectivity index (χ3v) is 5.23. The molecule has 3 aromatic heterocycles. The van der Waals surface area contributed by atoms with Crippen molar-refractivity contribution >= 4 is 11.0 Å². The number of nitrogens with zero attached hydrogens (tertiary/aromatic N) is 3. The number of hydrogen-bond acceptors (Lipinski definition) is 4. The molecule has 1 aliphatic rings. The molecule has 1 aliphatic heterocycles. The largest absolute Gasteiger partial charge is 0.431 e. The number of aromatic amines is 1. The third-order valence-electron chi connectivity index (χ3n) is 5.23. The predicted molar refractivity (Wildman–Crippen MR) is 93.7 cm³/mol. The van der Waals surface area contributed by atoms with Gasteiger partial charge >= 0.3 is 6.18 Å². The number of fused-ring (bicyclic) bond motifs is 1. The fourth-order valence-electron chi connectivity index (χ4n) is 3.71. The summed E-state index contributed by atoms with van der Waals surface area (Å²) in [6.45, 7) is 1.15. The Morgan fingerprint density at radius 3 is 2.56 bits per heavy atom. The molecule has 0 saturated carbocycles. The number of halogens is 3. The Hall–Kier alpha value is -2.45. The summed E-state index contributed by atoms with van der Waals surface area (Å²) in [4.78, 5) is 12.4. The van der Waals surface area contributed by atoms with E-state index < -0.39 is 17.5 Å². The minimum atomic E-state index is -4.47. The molecule has 0 amide bonds. The van der Waals surface area contributed by atoms with Crippen molar-refractivity contribution in [3.8, 4) is 0 Å². The van der Waals surface area contributed by atoms with Gasteiger partial charge in [0, 0.05) is 54.7 Å². The van der Waals surface area contributed by atoms with E-state index in [1.54, 1.807) is 30.6 Å². The van der Waals surface area contributed by atoms with Crippen molar-refractivity contribution in [2.24, 2.45) is 0 Å². The minimum Gasteiger partial charge on any atom is -0.385 e. The van der Waals surface area contributed by atoms with Crippen molar-refractivity contribution in [3.05, 3.63) is 59.7 Å². The van der Waals surface area contributed by atoms with Crippen LogP contribution in [0.5, 0.6) is 0 Å². The molecule has 142 valence electrons. The highest BCUT2D eigenvalue weighted by atomic mass is 19.4. The molecule has 0 aromatic carbocycles. The molecule has 1 saturated heterocycles. The second-order valence-electron chi connectivity index (χ2n) is 6.93. The SMILES string of the molecule is OC1(c2cccnc2)CCN(Cc2c(C(F)(F)F)[nH]c3ncccc23)CC1. The van der Waals surface area contributed by atoms with Crippen molar-refractivity contribution < 1.29 is 18.3 Å². The number of piperidine rings is 1. The van der Waals surface area contributed by atoms with Crippen molar-refractivity contribution in [2.45, 2.75) is 31.2 Å². The zero-order chi connectivity index (χ0) is 19.1. The van der Waals surface area contributed by atoms with Gasteiger partial charge in [0.25, 0.3) is 0 Å². The van der Waals surface area contributed by atoms with E-state index >= 15 is 0 Å². The van der Waals surface area contributed by atoms with Crippen molar-refractivity contribution in [1.82, 2.24) is 19.9 Å². The number of pyridine rings is 2. The predicted octanol–water partition coefficient (Wildman–Crippen LogP) is 3.46. The fourth-order valence-corrected chi connectivity index (χ4v) is 3.71. The zero-order valence-corrected chi connectivity index (χ0v) is 14.5. The van der Waals surface area contributed by atoms with Crippen LogP contribution in [0.4, 0.5) is 13.2 Å². The summed E-state index contributed by atoms with van der Waals surface area (Å²) in [5.41, 5.74) is -0.540. The number of aromatic nitrogens is 3. The van der Waals surface area contributed by atoms with E-state index in [1.165, 1.54) is 6.20 Å². The molecule has 1 fully saturated rings. The average Bonchev–Trinajstić information content (AvgIpc) is 3.04. The fraction of sp³-hybridized carbons (Fsp3) is 0.368. The minimum absolute atomic E-state index is 0.156. The lowest BCUT2D eigenvalue weighted by molar-refractivity contribution is -0.141. The van der Waals surface area contributed by atoms with Gasteiger partial charge in [-0.2, -0.15) is 13.2 Å². The first kappa shape index (κ1) is 17.9. The van der Waals surface area contributed by atoms with Gasteiger partial charge in [0.05, 0.1) is 5.60 Å². The molecule has 8 heteroatoms. The monoisotopic (exact) mass is 376 g/mol. The van der Waals surface area contributed by atoms with Crippen LogP contribution >= 0.6 is 0 Å². The molecule has 0 unspecified atom stereocenters. The van der Waals surface area contributed by atoms with Gasteiger partial charge in [0.1, 0.15) is 11.3 Å². The maximum Gasteiger partial charge on any atom is 0.431 e. The van der Waals surface area contributed by atoms with E-state index in [2.05, 4.69) is 15.0 Å². The van der Waals surface area contributed by atoms with Crippen LogP contribution in [0.25, 0.3) is 11.0 Å². The summed E-state index contributed by atoms with van der Waals surface area (Å²) >= 11 is 0. The first-order valence-electron chi connectivity index (χ1n) is 8.75. The number of aliphatic hydroxyl groups is 1. The Bertz CT molecular complexity index is 931. The van der Waals surface area contributed by atoms with Crippen LogP contribution in [-0.4, -0.2) is 38.0 Å². The van der Waals surface area contributed by atoms with Crippen LogP contribution in [0.1, 0.15) is 29.7 Å². The van der Waals surface area contributed by atoms with Crippen LogP contribution in [0.15, 0.2) is 42.9 Å². The van der Waals surface area contributed by atoms with Crippen LogP contribution < -0.4 is 0 Å². The van der Waals surface area contributed by atoms with E-state index in [1.807, 2.05) is 11.0 Å². The molecular formula is C19H19F3N4O. The summed E-state index contributed by atoms with van der Waals surface area (Å²) < 4.78 is 40.4. The highest BCUT2D eigenvalue weighted by Crippen LogP contribution is 2.37. The Balaban J connectivity index is 1.56. The summed E-state index contributed by atoms with van der Waals surface area (Å²) in [5.74, 6) is 0. The van der Waals surface area contributed by atoms with E-state index in [0.717, 1.165) is 5.56 Å². The lowest BCUT2D eigenvalue weighted by Crippen LogP contribution is -2.42. The number of hydrogen-bond donors (Lipinski definition) is 2. The molecule has 0 atom stereocenters. The van der Waals surface area contributed by atoms with E-state index in [-0.39, 0.29) is 17.8 Å². The van der Waals surface area contributed by atoms with Gasteiger partial charge in [-0.25, -0.2) is 4.98 Å². The standard InChI is InChI=1S/C19H19F3N4O/c20-19(21,22)16-15(14-4-2-8-24-17(14)25-16)12-26-9-5-18(27,6-10-26)13-3-1-7-23-11-13/h1-4,7-8,11,27H,5-6,9-10,12H2,(H,24,25). The average molecular weight is 376 g/mol. The van der Waals surface area contributed by atoms with Gasteiger partial charge in [0.2, 0.25) is 0 Å². The van der Waals surface area contributed by atoms with Gasteiger partial charge in [-0.05, 0) is 31.0 Å². The Morgan fingerprint density at radius 1 is 1.15 bits per heavy atom. The number of rotatable bonds is 3. The van der Waals surface area contributed by atoms with Gasteiger partial charge < -0.3 is 10.1 Å². The molecule has 4 heterocycles. The lowest BCUT2D eigenvalue weighted by atomic mass is 9.85. The summed E-state index contributed by atoms with van der Waals surface area (Å²) in [7, 11) is 0. The Labute approximate surface area is 153 Å². The first-order valence-corrected chi connectivity index (χ1v) is 8.75. The maximum atomic E-state index is 13.5. The second-order valence-corrected chi connectivity index (χ2v) is 6.93. The molecule has 3 aromatic rings. The third kappa shape index (κ3) is 3.42. The summed E-state index contributed by atoms with van der Waals surface area (Å²) in [6.07, 6.45) is 1.18. The molecule has 4 rings (SSSR count). The van der Waals surface area contributed by atoms with Gasteiger partial charge in [-0.1, -0.05) is 6.07 Å². The number of H-pyrrole nitrogens is 1. The van der Waals surface area contributed by atoms with Crippen LogP contribution in [0.3, 0.4) is 0 Å². The highest BCUT2D eigenvalue weighted by molar-refractivity contribution is 5.81. The molecular weight excluding hydrogens is 357 g/mol. The number of alkyl halides is 3. The van der Waals surface area contributed by atoms with Crippen molar-refractivity contribution in [1.29, 1.82) is 0 Å². The smallest absolute Gasteiger partial charge is 0.385 e. The molecule has 5 nitrogen and oxygen atoms in total. The number of likely N-dealkylation sites (tertiary alicyclic amines) is 1. The summed E-state index contributed by atoms with van der Waals surface area (Å²) in [5, 5.41) is 11.4. The quantitative estimate of drug-likeness (QED) is 0.735. The lowest BCUT2D eigenvalue weighted by Gasteiger charge is -2.38. The van der Waals surface area contributed by atoms with Crippen LogP contribution in [-0.2, 0) is 18.3 Å². The topological polar surface area (TPSA) is 65.0 Å². The van der Waals surface area contributed by atoms with E-state index in [0.29, 0.717) is 31.3 Å². The first-order chi connectivity index (χ1) is 12.9. The maximum absolute atomic E-state index is 13.5. The van der Waals surface area contributed by atoms with Gasteiger partial charge in [0.15, 0.2) is 0 Å². The Kier molecular flexibility index (Phi) is 4.39. The zero-order valence-electron chi connectivity index (χ0n) is 14.5. The van der Waals surface area contributed by atoms with E-state index in [4.69, 9.17) is 0 Å². The molecule has 0 spiro atoms. The summed E-state index contributed by atoms with van der Waals surface area (Å²) in [6, 6.07) is 6.89. The molecule has 0 aliphatic carbocycles. The molecule has 0 bridgehead atoms. The second kappa shape index (κ2) is 6.61. The van der Waals surface area contributed by atoms with Gasteiger partial charge in [-0.3, -0.25) is 9.88 Å². The van der Waals surface area contributed by atoms with Gasteiger partial charge in [-0.15, -0.1) is 0 Å². The molecule has 0 radical (unpaired) electrons. The number of nitrogens with one attached hydrogen (secondary N) is 1. The normalized spacial score (nSPS) is 18.1. The molecule has 27 heavy (non-hydrogen) atoms. The highest BCUT2D eigenvalue weighted by Gasteiger charge is 2.38.